The van der Waals surface area contributed by atoms with Crippen molar-refractivity contribution in [2.24, 2.45) is 5.92 Å². The lowest BCUT2D eigenvalue weighted by atomic mass is 10.0. The number of hydrogen-bond acceptors (Lipinski definition) is 4. The van der Waals surface area contributed by atoms with Gasteiger partial charge in [-0.25, -0.2) is 14.3 Å². The van der Waals surface area contributed by atoms with Crippen molar-refractivity contribution < 1.29 is 23.7 Å². The molecule has 0 aromatic heterocycles. The van der Waals surface area contributed by atoms with Crippen LogP contribution in [0.2, 0.25) is 0 Å². The minimum Gasteiger partial charge on any atom is -0.497 e. The standard InChI is InChI=1S/C23H22N4O4/c1-25-21-18(22(29)26(2)23(25)30)13-19(27(21)14-15-7-5-4-6-8-15)20(28)24-16-9-11-17(31-3)12-10-16/h4-13,18H,14H2,1-3H3/p+1. The predicted molar refractivity (Wildman–Crippen MR) is 115 cm³/mol. The van der Waals surface area contributed by atoms with Crippen LogP contribution in [0.1, 0.15) is 5.56 Å². The number of amides is 4. The Labute approximate surface area is 180 Å². The lowest BCUT2D eigenvalue weighted by Gasteiger charge is -2.27. The van der Waals surface area contributed by atoms with Crippen molar-refractivity contribution in [2.75, 3.05) is 26.5 Å². The van der Waals surface area contributed by atoms with E-state index in [1.165, 1.54) is 11.9 Å². The molecular formula is C23H23N4O4+. The third kappa shape index (κ3) is 3.68. The Hall–Kier alpha value is -3.94. The summed E-state index contributed by atoms with van der Waals surface area (Å²) >= 11 is 0. The molecule has 0 radical (unpaired) electrons. The van der Waals surface area contributed by atoms with Crippen LogP contribution in [0.4, 0.5) is 10.5 Å². The molecule has 0 bridgehead atoms. The fourth-order valence-electron chi connectivity index (χ4n) is 3.81. The lowest BCUT2D eigenvalue weighted by Crippen LogP contribution is -2.57. The second kappa shape index (κ2) is 8.06. The SMILES string of the molecule is COc1ccc(NC(=O)C2=CC3C(=O)N(C)C(=O)N(C)C3=[N+]2Cc2ccccc2)cc1. The number of carbonyl (C=O) groups is 3. The van der Waals surface area contributed by atoms with Crippen LogP contribution in [0, 0.1) is 5.92 Å². The molecule has 4 rings (SSSR count). The van der Waals surface area contributed by atoms with Gasteiger partial charge in [0, 0.05) is 12.7 Å². The molecule has 2 heterocycles. The van der Waals surface area contributed by atoms with Crippen LogP contribution in [-0.4, -0.2) is 59.3 Å². The van der Waals surface area contributed by atoms with E-state index in [0.29, 0.717) is 29.5 Å². The molecule has 2 aliphatic rings. The zero-order valence-corrected chi connectivity index (χ0v) is 17.5. The van der Waals surface area contributed by atoms with Crippen LogP contribution in [0.15, 0.2) is 66.4 Å². The molecule has 0 spiro atoms. The van der Waals surface area contributed by atoms with Crippen molar-refractivity contribution in [3.8, 4) is 5.75 Å². The number of rotatable bonds is 5. The maximum Gasteiger partial charge on any atom is 0.417 e. The Morgan fingerprint density at radius 3 is 2.35 bits per heavy atom. The van der Waals surface area contributed by atoms with Gasteiger partial charge in [-0.3, -0.25) is 9.59 Å². The first-order valence-corrected chi connectivity index (χ1v) is 9.81. The molecule has 158 valence electrons. The van der Waals surface area contributed by atoms with Crippen LogP contribution >= 0.6 is 0 Å². The molecule has 1 N–H and O–H groups in total. The normalized spacial score (nSPS) is 18.2. The summed E-state index contributed by atoms with van der Waals surface area (Å²) in [6.45, 7) is 0.350. The molecule has 8 nitrogen and oxygen atoms in total. The summed E-state index contributed by atoms with van der Waals surface area (Å²) in [4.78, 5) is 41.1. The minimum absolute atomic E-state index is 0.322. The van der Waals surface area contributed by atoms with Crippen LogP contribution in [0.25, 0.3) is 0 Å². The maximum absolute atomic E-state index is 13.2. The Bertz CT molecular complexity index is 1110. The van der Waals surface area contributed by atoms with E-state index in [-0.39, 0.29) is 11.8 Å². The van der Waals surface area contributed by atoms with Crippen LogP contribution in [0.3, 0.4) is 0 Å². The van der Waals surface area contributed by atoms with Crippen LogP contribution < -0.4 is 10.1 Å². The average Bonchev–Trinajstić information content (AvgIpc) is 3.17. The van der Waals surface area contributed by atoms with Gasteiger partial charge in [-0.2, -0.15) is 4.90 Å². The first kappa shape index (κ1) is 20.3. The summed E-state index contributed by atoms with van der Waals surface area (Å²) in [6.07, 6.45) is 1.62. The molecule has 1 fully saturated rings. The number of amidine groups is 1. The molecule has 2 aliphatic heterocycles. The molecule has 31 heavy (non-hydrogen) atoms. The molecule has 0 aliphatic carbocycles. The number of anilines is 1. The summed E-state index contributed by atoms with van der Waals surface area (Å²) in [6, 6.07) is 16.1. The Morgan fingerprint density at radius 1 is 1.03 bits per heavy atom. The highest BCUT2D eigenvalue weighted by atomic mass is 16.5. The van der Waals surface area contributed by atoms with Gasteiger partial charge in [0.15, 0.2) is 11.6 Å². The Kier molecular flexibility index (Phi) is 5.29. The van der Waals surface area contributed by atoms with Gasteiger partial charge >= 0.3 is 6.03 Å². The van der Waals surface area contributed by atoms with Crippen LogP contribution in [-0.2, 0) is 16.1 Å². The van der Waals surface area contributed by atoms with Gasteiger partial charge in [0.2, 0.25) is 0 Å². The van der Waals surface area contributed by atoms with Gasteiger partial charge in [0.1, 0.15) is 12.3 Å². The molecule has 1 saturated heterocycles. The quantitative estimate of drug-likeness (QED) is 0.754. The van der Waals surface area contributed by atoms with E-state index in [4.69, 9.17) is 4.74 Å². The van der Waals surface area contributed by atoms with Crippen molar-refractivity contribution in [3.63, 3.8) is 0 Å². The van der Waals surface area contributed by atoms with Gasteiger partial charge < -0.3 is 10.1 Å². The predicted octanol–water partition coefficient (Wildman–Crippen LogP) is 2.28. The van der Waals surface area contributed by atoms with E-state index in [1.54, 1.807) is 49.1 Å². The van der Waals surface area contributed by atoms with E-state index in [1.807, 2.05) is 30.3 Å². The first-order valence-electron chi connectivity index (χ1n) is 9.81. The van der Waals surface area contributed by atoms with E-state index in [9.17, 15) is 14.4 Å². The molecule has 4 amide bonds. The van der Waals surface area contributed by atoms with Crippen molar-refractivity contribution >= 4 is 29.4 Å². The summed E-state index contributed by atoms with van der Waals surface area (Å²) in [5, 5.41) is 2.87. The number of imide groups is 1. The fourth-order valence-corrected chi connectivity index (χ4v) is 3.81. The average molecular weight is 419 g/mol. The van der Waals surface area contributed by atoms with Gasteiger partial charge in [-0.05, 0) is 35.9 Å². The summed E-state index contributed by atoms with van der Waals surface area (Å²) in [5.74, 6) is -0.258. The van der Waals surface area contributed by atoms with Gasteiger partial charge in [0.25, 0.3) is 17.6 Å². The molecule has 1 unspecified atom stereocenters. The molecule has 2 aromatic rings. The number of fused-ring (bicyclic) bond motifs is 1. The molecule has 8 heteroatoms. The number of nitrogens with one attached hydrogen (secondary N) is 1. The maximum atomic E-state index is 13.2. The number of benzene rings is 2. The number of hydrogen-bond donors (Lipinski definition) is 1. The fraction of sp³-hybridized carbons (Fsp3) is 0.217. The van der Waals surface area contributed by atoms with Crippen molar-refractivity contribution in [1.82, 2.24) is 9.80 Å². The third-order valence-corrected chi connectivity index (χ3v) is 5.45. The first-order chi connectivity index (χ1) is 14.9. The second-order valence-electron chi connectivity index (χ2n) is 7.38. The highest BCUT2D eigenvalue weighted by molar-refractivity contribution is 6.19. The van der Waals surface area contributed by atoms with E-state index < -0.39 is 11.9 Å². The topological polar surface area (TPSA) is 82.0 Å². The van der Waals surface area contributed by atoms with E-state index in [2.05, 4.69) is 5.32 Å². The minimum atomic E-state index is -0.701. The zero-order valence-electron chi connectivity index (χ0n) is 17.5. The van der Waals surface area contributed by atoms with Crippen LogP contribution in [0.5, 0.6) is 5.75 Å². The molecule has 2 aromatic carbocycles. The van der Waals surface area contributed by atoms with E-state index in [0.717, 1.165) is 10.5 Å². The Balaban J connectivity index is 1.72. The number of ether oxygens (including phenoxy) is 1. The van der Waals surface area contributed by atoms with Gasteiger partial charge in [0.05, 0.1) is 14.2 Å². The third-order valence-electron chi connectivity index (χ3n) is 5.45. The second-order valence-corrected chi connectivity index (χ2v) is 7.38. The highest BCUT2D eigenvalue weighted by Gasteiger charge is 2.51. The number of methoxy groups -OCH3 is 1. The van der Waals surface area contributed by atoms with Crippen molar-refractivity contribution in [1.29, 1.82) is 0 Å². The summed E-state index contributed by atoms with van der Waals surface area (Å²) in [7, 11) is 4.63. The monoisotopic (exact) mass is 419 g/mol. The molecule has 0 saturated carbocycles. The lowest BCUT2D eigenvalue weighted by molar-refractivity contribution is -0.489. The van der Waals surface area contributed by atoms with Gasteiger partial charge in [-0.15, -0.1) is 0 Å². The van der Waals surface area contributed by atoms with E-state index >= 15 is 0 Å². The highest BCUT2D eigenvalue weighted by Crippen LogP contribution is 2.28. The largest absolute Gasteiger partial charge is 0.497 e. The van der Waals surface area contributed by atoms with Crippen molar-refractivity contribution in [3.05, 3.63) is 71.9 Å². The summed E-state index contributed by atoms with van der Waals surface area (Å²) in [5.41, 5.74) is 1.87. The smallest absolute Gasteiger partial charge is 0.417 e. The summed E-state index contributed by atoms with van der Waals surface area (Å²) < 4.78 is 6.89. The van der Waals surface area contributed by atoms with Crippen molar-refractivity contribution in [2.45, 2.75) is 6.54 Å². The number of urea groups is 1. The van der Waals surface area contributed by atoms with Gasteiger partial charge in [-0.1, -0.05) is 30.3 Å². The molecule has 1 atom stereocenters. The number of carbonyl (C=O) groups excluding carboxylic acids is 3. The Morgan fingerprint density at radius 2 is 1.71 bits per heavy atom. The zero-order chi connectivity index (χ0) is 22.1. The molecular weight excluding hydrogens is 396 g/mol. The number of nitrogens with zero attached hydrogens (tertiary/aromatic N) is 3.